The lowest BCUT2D eigenvalue weighted by molar-refractivity contribution is 0.0318. The molecule has 0 amide bonds. The molecule has 0 bridgehead atoms. The molecule has 3 aromatic rings. The predicted molar refractivity (Wildman–Crippen MR) is 106 cm³/mol. The number of para-hydroxylation sites is 1. The van der Waals surface area contributed by atoms with E-state index in [9.17, 15) is 8.42 Å². The molecule has 0 saturated carbocycles. The van der Waals surface area contributed by atoms with Gasteiger partial charge in [0.1, 0.15) is 4.90 Å². The van der Waals surface area contributed by atoms with Gasteiger partial charge in [0.2, 0.25) is 10.0 Å². The molecule has 0 aliphatic carbocycles. The Balaban J connectivity index is 1.84. The lowest BCUT2D eigenvalue weighted by Gasteiger charge is -2.33. The van der Waals surface area contributed by atoms with Crippen LogP contribution in [0.3, 0.4) is 0 Å². The number of hydrogen-bond donors (Lipinski definition) is 0. The first kappa shape index (κ1) is 19.0. The minimum absolute atomic E-state index is 0.199. The van der Waals surface area contributed by atoms with Crippen LogP contribution in [0.25, 0.3) is 10.9 Å². The van der Waals surface area contributed by atoms with Crippen molar-refractivity contribution in [3.8, 4) is 0 Å². The van der Waals surface area contributed by atoms with Crippen LogP contribution >= 0.6 is 0 Å². The normalized spacial score (nSPS) is 18.4. The van der Waals surface area contributed by atoms with E-state index in [0.29, 0.717) is 12.1 Å². The van der Waals surface area contributed by atoms with Crippen LogP contribution < -0.4 is 0 Å². The number of ether oxygens (including phenoxy) is 2. The minimum atomic E-state index is -3.83. The monoisotopic (exact) mass is 398 g/mol. The zero-order valence-corrected chi connectivity index (χ0v) is 16.4. The van der Waals surface area contributed by atoms with Gasteiger partial charge in [-0.25, -0.2) is 8.42 Å². The zero-order chi connectivity index (χ0) is 19.6. The van der Waals surface area contributed by atoms with E-state index < -0.39 is 16.1 Å². The molecule has 0 saturated heterocycles. The number of methoxy groups -OCH3 is 1. The zero-order valence-electron chi connectivity index (χ0n) is 15.6. The smallest absolute Gasteiger partial charge is 0.245 e. The van der Waals surface area contributed by atoms with E-state index in [2.05, 4.69) is 4.98 Å². The molecule has 1 aliphatic rings. The summed E-state index contributed by atoms with van der Waals surface area (Å²) >= 11 is 0. The molecule has 0 fully saturated rings. The molecular formula is C21H22N2O4S. The van der Waals surface area contributed by atoms with Crippen molar-refractivity contribution in [1.29, 1.82) is 0 Å². The number of hydrogen-bond acceptors (Lipinski definition) is 5. The number of sulfonamides is 1. The number of fused-ring (bicyclic) bond motifs is 2. The molecule has 7 heteroatoms. The highest BCUT2D eigenvalue weighted by atomic mass is 32.2. The largest absolute Gasteiger partial charge is 0.383 e. The van der Waals surface area contributed by atoms with Crippen molar-refractivity contribution < 1.29 is 17.9 Å². The Hall–Kier alpha value is -2.32. The van der Waals surface area contributed by atoms with Crippen molar-refractivity contribution in [2.24, 2.45) is 0 Å². The molecule has 0 unspecified atom stereocenters. The standard InChI is InChI=1S/C21H22N2O4S/c1-26-14-19-15-27-13-18-7-3-2-6-17(18)12-23(19)28(24,25)20-10-4-8-16-9-5-11-22-21(16)20/h2-11,19H,12-15H2,1H3/t19-/m1/s1. The van der Waals surface area contributed by atoms with Crippen molar-refractivity contribution in [1.82, 2.24) is 9.29 Å². The van der Waals surface area contributed by atoms with Crippen LogP contribution in [0.1, 0.15) is 11.1 Å². The highest BCUT2D eigenvalue weighted by molar-refractivity contribution is 7.89. The molecule has 2 heterocycles. The van der Waals surface area contributed by atoms with Crippen molar-refractivity contribution >= 4 is 20.9 Å². The molecule has 4 rings (SSSR count). The van der Waals surface area contributed by atoms with E-state index in [1.54, 1.807) is 31.5 Å². The Kier molecular flexibility index (Phi) is 5.41. The SMILES string of the molecule is COC[C@@H]1COCc2ccccc2CN1S(=O)(=O)c1cccc2cccnc12. The Labute approximate surface area is 164 Å². The topological polar surface area (TPSA) is 68.7 Å². The van der Waals surface area contributed by atoms with Gasteiger partial charge >= 0.3 is 0 Å². The first-order valence-corrected chi connectivity index (χ1v) is 10.5. The Morgan fingerprint density at radius 2 is 1.89 bits per heavy atom. The molecule has 1 atom stereocenters. The Morgan fingerprint density at radius 1 is 1.11 bits per heavy atom. The van der Waals surface area contributed by atoms with Crippen LogP contribution in [0.15, 0.2) is 65.7 Å². The fraction of sp³-hybridized carbons (Fsp3) is 0.286. The highest BCUT2D eigenvalue weighted by Gasteiger charge is 2.34. The Morgan fingerprint density at radius 3 is 2.71 bits per heavy atom. The minimum Gasteiger partial charge on any atom is -0.383 e. The molecule has 1 aliphatic heterocycles. The predicted octanol–water partition coefficient (Wildman–Crippen LogP) is 2.97. The first-order chi connectivity index (χ1) is 13.6. The third-order valence-corrected chi connectivity index (χ3v) is 6.89. The van der Waals surface area contributed by atoms with Crippen LogP contribution in [0.5, 0.6) is 0 Å². The van der Waals surface area contributed by atoms with E-state index in [1.807, 2.05) is 36.4 Å². The number of pyridine rings is 1. The van der Waals surface area contributed by atoms with E-state index in [-0.39, 0.29) is 24.7 Å². The maximum absolute atomic E-state index is 13.7. The van der Waals surface area contributed by atoms with Crippen LogP contribution in [-0.4, -0.2) is 44.1 Å². The maximum Gasteiger partial charge on any atom is 0.245 e. The number of benzene rings is 2. The molecule has 146 valence electrons. The van der Waals surface area contributed by atoms with Gasteiger partial charge in [-0.05, 0) is 23.3 Å². The molecule has 0 N–H and O–H groups in total. The molecule has 0 spiro atoms. The van der Waals surface area contributed by atoms with Crippen molar-refractivity contribution in [3.63, 3.8) is 0 Å². The average Bonchev–Trinajstić information content (AvgIpc) is 2.70. The van der Waals surface area contributed by atoms with Gasteiger partial charge in [0.05, 0.1) is 31.4 Å². The van der Waals surface area contributed by atoms with Crippen LogP contribution in [0.2, 0.25) is 0 Å². The molecule has 0 radical (unpaired) electrons. The fourth-order valence-corrected chi connectivity index (χ4v) is 5.29. The first-order valence-electron chi connectivity index (χ1n) is 9.10. The van der Waals surface area contributed by atoms with Gasteiger partial charge in [0.15, 0.2) is 0 Å². The molecule has 6 nitrogen and oxygen atoms in total. The fourth-order valence-electron chi connectivity index (χ4n) is 3.55. The number of rotatable bonds is 4. The number of nitrogens with zero attached hydrogens (tertiary/aromatic N) is 2. The summed E-state index contributed by atoms with van der Waals surface area (Å²) in [5, 5.41) is 0.788. The van der Waals surface area contributed by atoms with Gasteiger partial charge in [-0.1, -0.05) is 42.5 Å². The van der Waals surface area contributed by atoms with E-state index in [1.165, 1.54) is 4.31 Å². The summed E-state index contributed by atoms with van der Waals surface area (Å²) in [6, 6.07) is 16.2. The van der Waals surface area contributed by atoms with Crippen LogP contribution in [-0.2, 0) is 32.6 Å². The second-order valence-electron chi connectivity index (χ2n) is 6.77. The highest BCUT2D eigenvalue weighted by Crippen LogP contribution is 2.29. The van der Waals surface area contributed by atoms with E-state index in [4.69, 9.17) is 9.47 Å². The van der Waals surface area contributed by atoms with Crippen molar-refractivity contribution in [2.75, 3.05) is 20.3 Å². The van der Waals surface area contributed by atoms with Gasteiger partial charge in [0, 0.05) is 25.2 Å². The maximum atomic E-state index is 13.7. The summed E-state index contributed by atoms with van der Waals surface area (Å²) in [4.78, 5) is 4.53. The molecule has 1 aromatic heterocycles. The van der Waals surface area contributed by atoms with Gasteiger partial charge in [-0.3, -0.25) is 4.98 Å². The van der Waals surface area contributed by atoms with Crippen LogP contribution in [0, 0.1) is 0 Å². The van der Waals surface area contributed by atoms with Crippen molar-refractivity contribution in [2.45, 2.75) is 24.1 Å². The summed E-state index contributed by atoms with van der Waals surface area (Å²) in [6.45, 7) is 1.23. The lowest BCUT2D eigenvalue weighted by Crippen LogP contribution is -2.46. The van der Waals surface area contributed by atoms with Gasteiger partial charge in [-0.2, -0.15) is 4.31 Å². The summed E-state index contributed by atoms with van der Waals surface area (Å²) < 4.78 is 40.1. The third kappa shape index (κ3) is 3.54. The molecule has 2 aromatic carbocycles. The summed E-state index contributed by atoms with van der Waals surface area (Å²) in [6.07, 6.45) is 1.61. The second-order valence-corrected chi connectivity index (χ2v) is 8.63. The quantitative estimate of drug-likeness (QED) is 0.676. The van der Waals surface area contributed by atoms with Gasteiger partial charge < -0.3 is 9.47 Å². The summed E-state index contributed by atoms with van der Waals surface area (Å²) in [7, 11) is -2.26. The number of aromatic nitrogens is 1. The third-order valence-electron chi connectivity index (χ3n) is 4.96. The average molecular weight is 398 g/mol. The van der Waals surface area contributed by atoms with Gasteiger partial charge in [-0.15, -0.1) is 0 Å². The summed E-state index contributed by atoms with van der Waals surface area (Å²) in [5.41, 5.74) is 2.40. The van der Waals surface area contributed by atoms with Gasteiger partial charge in [0.25, 0.3) is 0 Å². The van der Waals surface area contributed by atoms with E-state index in [0.717, 1.165) is 16.5 Å². The van der Waals surface area contributed by atoms with Crippen LogP contribution in [0.4, 0.5) is 0 Å². The second kappa shape index (κ2) is 7.97. The van der Waals surface area contributed by atoms with E-state index >= 15 is 0 Å². The van der Waals surface area contributed by atoms with Crippen molar-refractivity contribution in [3.05, 3.63) is 71.9 Å². The lowest BCUT2D eigenvalue weighted by atomic mass is 10.1. The Bertz CT molecular complexity index is 1080. The summed E-state index contributed by atoms with van der Waals surface area (Å²) in [5.74, 6) is 0. The molecular weight excluding hydrogens is 376 g/mol. The molecule has 28 heavy (non-hydrogen) atoms.